The molecule has 0 aliphatic rings. The van der Waals surface area contributed by atoms with Gasteiger partial charge in [-0.2, -0.15) is 0 Å². The molecule has 0 fully saturated rings. The summed E-state index contributed by atoms with van der Waals surface area (Å²) >= 11 is 4.59. The van der Waals surface area contributed by atoms with E-state index in [-0.39, 0.29) is 5.91 Å². The van der Waals surface area contributed by atoms with Crippen LogP contribution in [0.3, 0.4) is 0 Å². The van der Waals surface area contributed by atoms with Gasteiger partial charge < -0.3 is 10.2 Å². The average molecular weight is 425 g/mol. The normalized spacial score (nSPS) is 10.5. The van der Waals surface area contributed by atoms with Crippen molar-refractivity contribution < 1.29 is 9.59 Å². The number of nitrogens with zero attached hydrogens (tertiary/aromatic N) is 1. The summed E-state index contributed by atoms with van der Waals surface area (Å²) < 4.78 is 0.863. The van der Waals surface area contributed by atoms with E-state index in [9.17, 15) is 9.59 Å². The molecule has 3 N–H and O–H groups in total. The summed E-state index contributed by atoms with van der Waals surface area (Å²) in [5.74, 6) is -0.339. The molecule has 6 nitrogen and oxygen atoms in total. The Morgan fingerprint density at radius 2 is 1.88 bits per heavy atom. The van der Waals surface area contributed by atoms with Gasteiger partial charge in [0.2, 0.25) is 0 Å². The summed E-state index contributed by atoms with van der Waals surface area (Å²) in [6.45, 7) is 2.27. The third-order valence-corrected chi connectivity index (χ3v) is 5.01. The molecule has 0 atom stereocenters. The number of benzene rings is 1. The minimum absolute atomic E-state index is 0.339. The van der Waals surface area contributed by atoms with Crippen molar-refractivity contribution in [3.05, 3.63) is 56.7 Å². The fraction of sp³-hybridized carbons (Fsp3) is 0.294. The number of hydrogen-bond acceptors (Lipinski definition) is 4. The van der Waals surface area contributed by atoms with E-state index in [1.807, 2.05) is 25.2 Å². The molecule has 0 aliphatic carbocycles. The maximum Gasteiger partial charge on any atom is 0.333 e. The number of carbonyl (C=O) groups is 2. The van der Waals surface area contributed by atoms with E-state index in [1.54, 1.807) is 12.1 Å². The SMILES string of the molecule is CN(CCCNC(=O)NNC(=O)c1ccc(Br)s1)Cc1ccccc1. The fourth-order valence-corrected chi connectivity index (χ4v) is 3.46. The van der Waals surface area contributed by atoms with E-state index in [2.05, 4.69) is 49.1 Å². The summed E-state index contributed by atoms with van der Waals surface area (Å²) in [5.41, 5.74) is 5.98. The van der Waals surface area contributed by atoms with Crippen molar-refractivity contribution in [1.29, 1.82) is 0 Å². The first-order valence-electron chi connectivity index (χ1n) is 7.86. The molecule has 25 heavy (non-hydrogen) atoms. The van der Waals surface area contributed by atoms with Crippen molar-refractivity contribution in [2.75, 3.05) is 20.1 Å². The average Bonchev–Trinajstić information content (AvgIpc) is 3.04. The van der Waals surface area contributed by atoms with Gasteiger partial charge in [-0.05, 0) is 53.6 Å². The van der Waals surface area contributed by atoms with Crippen LogP contribution < -0.4 is 16.2 Å². The Labute approximate surface area is 159 Å². The van der Waals surface area contributed by atoms with Crippen LogP contribution in [0, 0.1) is 0 Å². The highest BCUT2D eigenvalue weighted by molar-refractivity contribution is 9.11. The zero-order chi connectivity index (χ0) is 18.1. The maximum atomic E-state index is 11.8. The van der Waals surface area contributed by atoms with Crippen molar-refractivity contribution in [2.45, 2.75) is 13.0 Å². The number of hydrogen-bond donors (Lipinski definition) is 3. The molecule has 0 unspecified atom stereocenters. The summed E-state index contributed by atoms with van der Waals surface area (Å²) in [5, 5.41) is 2.72. The summed E-state index contributed by atoms with van der Waals surface area (Å²) in [4.78, 5) is 26.2. The number of rotatable bonds is 7. The largest absolute Gasteiger partial charge is 0.337 e. The molecule has 134 valence electrons. The molecule has 0 radical (unpaired) electrons. The second-order valence-corrected chi connectivity index (χ2v) is 7.98. The molecular weight excluding hydrogens is 404 g/mol. The number of halogens is 1. The van der Waals surface area contributed by atoms with Crippen molar-refractivity contribution in [1.82, 2.24) is 21.1 Å². The highest BCUT2D eigenvalue weighted by Gasteiger charge is 2.09. The topological polar surface area (TPSA) is 73.5 Å². The first kappa shape index (κ1) is 19.4. The van der Waals surface area contributed by atoms with Crippen LogP contribution in [0.5, 0.6) is 0 Å². The van der Waals surface area contributed by atoms with E-state index < -0.39 is 6.03 Å². The lowest BCUT2D eigenvalue weighted by Crippen LogP contribution is -2.47. The van der Waals surface area contributed by atoms with Gasteiger partial charge in [-0.15, -0.1) is 11.3 Å². The number of carbonyl (C=O) groups excluding carboxylic acids is 2. The molecule has 2 rings (SSSR count). The Bertz CT molecular complexity index is 693. The second kappa shape index (κ2) is 10.2. The third kappa shape index (κ3) is 7.25. The van der Waals surface area contributed by atoms with E-state index in [4.69, 9.17) is 0 Å². The molecule has 1 heterocycles. The van der Waals surface area contributed by atoms with Crippen molar-refractivity contribution >= 4 is 39.2 Å². The molecule has 0 saturated carbocycles. The summed E-state index contributed by atoms with van der Waals surface area (Å²) in [6.07, 6.45) is 0.822. The zero-order valence-corrected chi connectivity index (χ0v) is 16.3. The van der Waals surface area contributed by atoms with Gasteiger partial charge in [0, 0.05) is 13.1 Å². The van der Waals surface area contributed by atoms with Gasteiger partial charge in [0.1, 0.15) is 0 Å². The van der Waals surface area contributed by atoms with Crippen LogP contribution >= 0.6 is 27.3 Å². The predicted molar refractivity (Wildman–Crippen MR) is 103 cm³/mol. The number of thiophene rings is 1. The van der Waals surface area contributed by atoms with Crippen LogP contribution in [0.15, 0.2) is 46.3 Å². The first-order chi connectivity index (χ1) is 12.0. The highest BCUT2D eigenvalue weighted by Crippen LogP contribution is 2.21. The van der Waals surface area contributed by atoms with E-state index in [0.717, 1.165) is 23.3 Å². The maximum absolute atomic E-state index is 11.8. The number of urea groups is 1. The van der Waals surface area contributed by atoms with E-state index >= 15 is 0 Å². The van der Waals surface area contributed by atoms with Crippen LogP contribution in [0.25, 0.3) is 0 Å². The Balaban J connectivity index is 1.57. The lowest BCUT2D eigenvalue weighted by molar-refractivity contribution is 0.0940. The quantitative estimate of drug-likeness (QED) is 0.472. The zero-order valence-electron chi connectivity index (χ0n) is 13.9. The Morgan fingerprint density at radius 3 is 2.56 bits per heavy atom. The molecule has 0 saturated heterocycles. The molecule has 0 bridgehead atoms. The van der Waals surface area contributed by atoms with Crippen LogP contribution in [0.1, 0.15) is 21.7 Å². The molecule has 0 spiro atoms. The summed E-state index contributed by atoms with van der Waals surface area (Å²) in [7, 11) is 2.05. The third-order valence-electron chi connectivity index (χ3n) is 3.38. The lowest BCUT2D eigenvalue weighted by Gasteiger charge is -2.16. The fourth-order valence-electron chi connectivity index (χ4n) is 2.18. The molecular formula is C17H21BrN4O2S. The molecule has 8 heteroatoms. The Hall–Kier alpha value is -1.90. The van der Waals surface area contributed by atoms with Gasteiger partial charge in [-0.1, -0.05) is 30.3 Å². The van der Waals surface area contributed by atoms with Crippen LogP contribution in [-0.2, 0) is 6.54 Å². The van der Waals surface area contributed by atoms with Crippen LogP contribution in [-0.4, -0.2) is 37.0 Å². The van der Waals surface area contributed by atoms with E-state index in [0.29, 0.717) is 11.4 Å². The Kier molecular flexibility index (Phi) is 7.90. The van der Waals surface area contributed by atoms with Gasteiger partial charge in [-0.25, -0.2) is 10.2 Å². The Morgan fingerprint density at radius 1 is 1.12 bits per heavy atom. The van der Waals surface area contributed by atoms with Gasteiger partial charge >= 0.3 is 6.03 Å². The molecule has 1 aromatic carbocycles. The lowest BCUT2D eigenvalue weighted by atomic mass is 10.2. The number of amides is 3. The minimum atomic E-state index is -0.422. The van der Waals surface area contributed by atoms with Gasteiger partial charge in [0.15, 0.2) is 0 Å². The number of nitrogens with one attached hydrogen (secondary N) is 3. The molecule has 2 aromatic rings. The predicted octanol–water partition coefficient (Wildman–Crippen LogP) is 2.98. The van der Waals surface area contributed by atoms with Crippen molar-refractivity contribution in [2.24, 2.45) is 0 Å². The van der Waals surface area contributed by atoms with Gasteiger partial charge in [-0.3, -0.25) is 10.2 Å². The molecule has 3 amide bonds. The standard InChI is InChI=1S/C17H21BrN4O2S/c1-22(12-13-6-3-2-4-7-13)11-5-10-19-17(24)21-20-16(23)14-8-9-15(18)25-14/h2-4,6-9H,5,10-12H2,1H3,(H,20,23)(H2,19,21,24). The minimum Gasteiger partial charge on any atom is -0.337 e. The summed E-state index contributed by atoms with van der Waals surface area (Å²) in [6, 6.07) is 13.3. The van der Waals surface area contributed by atoms with Crippen LogP contribution in [0.4, 0.5) is 4.79 Å². The second-order valence-electron chi connectivity index (χ2n) is 5.52. The monoisotopic (exact) mass is 424 g/mol. The van der Waals surface area contributed by atoms with E-state index in [1.165, 1.54) is 16.9 Å². The highest BCUT2D eigenvalue weighted by atomic mass is 79.9. The van der Waals surface area contributed by atoms with Crippen molar-refractivity contribution in [3.63, 3.8) is 0 Å². The number of hydrazine groups is 1. The van der Waals surface area contributed by atoms with Gasteiger partial charge in [0.25, 0.3) is 5.91 Å². The molecule has 0 aliphatic heterocycles. The molecule has 1 aromatic heterocycles. The van der Waals surface area contributed by atoms with Crippen molar-refractivity contribution in [3.8, 4) is 0 Å². The smallest absolute Gasteiger partial charge is 0.333 e. The van der Waals surface area contributed by atoms with Gasteiger partial charge in [0.05, 0.1) is 8.66 Å². The van der Waals surface area contributed by atoms with Crippen LogP contribution in [0.2, 0.25) is 0 Å². The first-order valence-corrected chi connectivity index (χ1v) is 9.47.